The van der Waals surface area contributed by atoms with E-state index in [4.69, 9.17) is 33.4 Å². The number of oxime groups is 1. The second-order valence-electron chi connectivity index (χ2n) is 8.97. The summed E-state index contributed by atoms with van der Waals surface area (Å²) in [7, 11) is 5.51. The van der Waals surface area contributed by atoms with Crippen molar-refractivity contribution >= 4 is 35.3 Å². The molecule has 2 aromatic carbocycles. The van der Waals surface area contributed by atoms with Crippen LogP contribution in [0.5, 0.6) is 0 Å². The highest BCUT2D eigenvalue weighted by molar-refractivity contribution is 6.45. The lowest BCUT2D eigenvalue weighted by Crippen LogP contribution is -2.74. The van der Waals surface area contributed by atoms with Gasteiger partial charge in [0, 0.05) is 5.56 Å². The molecule has 1 fully saturated rings. The summed E-state index contributed by atoms with van der Waals surface area (Å²) in [6, 6.07) is 16.4. The van der Waals surface area contributed by atoms with Gasteiger partial charge in [-0.15, -0.1) is 0 Å². The number of aliphatic imine (C=N–C) groups is 1. The number of carbonyl (C=O) groups is 4. The lowest BCUT2D eigenvalue weighted by atomic mass is 9.71. The molecule has 14 nitrogen and oxygen atoms in total. The van der Waals surface area contributed by atoms with Crippen LogP contribution in [0.4, 0.5) is 0 Å². The molecule has 0 aromatic heterocycles. The number of hydroxylamine groups is 2. The van der Waals surface area contributed by atoms with Crippen molar-refractivity contribution in [3.63, 3.8) is 0 Å². The molecular formula is C28H25N3O11. The number of hydrogen-bond donors (Lipinski definition) is 0. The Labute approximate surface area is 239 Å². The van der Waals surface area contributed by atoms with E-state index < -0.39 is 57.9 Å². The molecule has 0 spiro atoms. The van der Waals surface area contributed by atoms with E-state index in [1.807, 2.05) is 0 Å². The van der Waals surface area contributed by atoms with Crippen molar-refractivity contribution in [1.82, 2.24) is 5.06 Å². The molecule has 0 aliphatic carbocycles. The number of benzene rings is 2. The summed E-state index contributed by atoms with van der Waals surface area (Å²) < 4.78 is 26.7. The van der Waals surface area contributed by atoms with Gasteiger partial charge in [0.25, 0.3) is 0 Å². The van der Waals surface area contributed by atoms with Crippen molar-refractivity contribution in [3.05, 3.63) is 83.1 Å². The first-order valence-corrected chi connectivity index (χ1v) is 12.3. The van der Waals surface area contributed by atoms with Gasteiger partial charge in [-0.3, -0.25) is 0 Å². The van der Waals surface area contributed by atoms with Crippen molar-refractivity contribution in [2.45, 2.75) is 17.0 Å². The zero-order valence-electron chi connectivity index (χ0n) is 23.1. The van der Waals surface area contributed by atoms with Gasteiger partial charge in [-0.05, 0) is 5.56 Å². The number of fused-ring (bicyclic) bond motifs is 4. The first-order valence-electron chi connectivity index (χ1n) is 12.3. The average Bonchev–Trinajstić information content (AvgIpc) is 3.58. The van der Waals surface area contributed by atoms with E-state index in [2.05, 4.69) is 10.1 Å². The van der Waals surface area contributed by atoms with E-state index in [9.17, 15) is 19.2 Å². The molecule has 3 aliphatic rings. The zero-order valence-corrected chi connectivity index (χ0v) is 23.1. The van der Waals surface area contributed by atoms with Gasteiger partial charge in [-0.1, -0.05) is 70.9 Å². The highest BCUT2D eigenvalue weighted by Crippen LogP contribution is 2.61. The Hall–Kier alpha value is -5.08. The van der Waals surface area contributed by atoms with Gasteiger partial charge >= 0.3 is 29.6 Å². The van der Waals surface area contributed by atoms with E-state index in [0.29, 0.717) is 0 Å². The summed E-state index contributed by atoms with van der Waals surface area (Å²) in [4.78, 5) is 70.2. The Bertz CT molecular complexity index is 1560. The molecule has 3 atom stereocenters. The maximum Gasteiger partial charge on any atom is 0.376 e. The Balaban J connectivity index is 2.06. The fourth-order valence-electron chi connectivity index (χ4n) is 5.42. The molecule has 14 heteroatoms. The van der Waals surface area contributed by atoms with Crippen LogP contribution >= 0.6 is 0 Å². The molecule has 0 saturated carbocycles. The molecule has 0 N–H and O–H groups in total. The minimum atomic E-state index is -2.69. The van der Waals surface area contributed by atoms with Crippen LogP contribution in [-0.2, 0) is 63.8 Å². The van der Waals surface area contributed by atoms with Gasteiger partial charge in [-0.2, -0.15) is 0 Å². The molecule has 3 heterocycles. The molecule has 0 radical (unpaired) electrons. The molecule has 0 amide bonds. The first kappa shape index (κ1) is 28.4. The van der Waals surface area contributed by atoms with Gasteiger partial charge in [0.2, 0.25) is 11.5 Å². The summed E-state index contributed by atoms with van der Waals surface area (Å²) >= 11 is 0. The molecule has 218 valence electrons. The predicted octanol–water partition coefficient (Wildman–Crippen LogP) is 1.11. The van der Waals surface area contributed by atoms with Crippen LogP contribution < -0.4 is 0 Å². The van der Waals surface area contributed by atoms with Crippen LogP contribution in [0.2, 0.25) is 0 Å². The summed E-state index contributed by atoms with van der Waals surface area (Å²) in [6.07, 6.45) is 0. The standard InChI is InChI=1S/C28H25N3O11/c1-36-21(32)18-19(22(33)37-2)41-31-26(18,16-12-8-6-9-13-16)24(30-40-5)27(17-14-10-7-11-15-17)29-20(23(34)38-3)28(31,42-27)25(35)39-4/h6-15H,1-5H3/b30-24-/t26-,27-,28+/m0/s1. The van der Waals surface area contributed by atoms with E-state index in [1.165, 1.54) is 7.11 Å². The van der Waals surface area contributed by atoms with Crippen LogP contribution in [0.3, 0.4) is 0 Å². The third-order valence-corrected chi connectivity index (χ3v) is 7.05. The lowest BCUT2D eigenvalue weighted by molar-refractivity contribution is -0.303. The second-order valence-corrected chi connectivity index (χ2v) is 8.97. The van der Waals surface area contributed by atoms with Gasteiger partial charge in [-0.25, -0.2) is 24.2 Å². The Morgan fingerprint density at radius 1 is 0.762 bits per heavy atom. The van der Waals surface area contributed by atoms with Crippen LogP contribution in [0, 0.1) is 0 Å². The Morgan fingerprint density at radius 3 is 1.86 bits per heavy atom. The third-order valence-electron chi connectivity index (χ3n) is 7.05. The van der Waals surface area contributed by atoms with Gasteiger partial charge in [0.05, 0.1) is 28.4 Å². The molecule has 0 unspecified atom stereocenters. The minimum Gasteiger partial charge on any atom is -0.465 e. The summed E-state index contributed by atoms with van der Waals surface area (Å²) in [5.41, 5.74) is -7.86. The molecule has 3 aliphatic heterocycles. The van der Waals surface area contributed by atoms with Crippen LogP contribution in [0.1, 0.15) is 11.1 Å². The molecule has 42 heavy (non-hydrogen) atoms. The summed E-state index contributed by atoms with van der Waals surface area (Å²) in [5.74, 6) is -5.15. The Kier molecular flexibility index (Phi) is 7.04. The van der Waals surface area contributed by atoms with Crippen molar-refractivity contribution in [2.75, 3.05) is 35.5 Å². The van der Waals surface area contributed by atoms with Crippen molar-refractivity contribution < 1.29 is 52.5 Å². The number of esters is 4. The third kappa shape index (κ3) is 3.51. The zero-order chi connectivity index (χ0) is 30.3. The van der Waals surface area contributed by atoms with Crippen molar-refractivity contribution in [1.29, 1.82) is 0 Å². The quantitative estimate of drug-likeness (QED) is 0.261. The number of carbonyl (C=O) groups excluding carboxylic acids is 4. The normalized spacial score (nSPS) is 27.0. The maximum absolute atomic E-state index is 13.9. The lowest BCUT2D eigenvalue weighted by Gasteiger charge is -2.51. The smallest absolute Gasteiger partial charge is 0.376 e. The largest absolute Gasteiger partial charge is 0.465 e. The van der Waals surface area contributed by atoms with Gasteiger partial charge < -0.3 is 33.4 Å². The summed E-state index contributed by atoms with van der Waals surface area (Å²) in [6.45, 7) is 0. The number of nitrogens with zero attached hydrogens (tertiary/aromatic N) is 3. The Morgan fingerprint density at radius 2 is 1.33 bits per heavy atom. The number of ether oxygens (including phenoxy) is 5. The molecular weight excluding hydrogens is 554 g/mol. The number of hydrogen-bond acceptors (Lipinski definition) is 14. The van der Waals surface area contributed by atoms with E-state index in [0.717, 1.165) is 33.5 Å². The van der Waals surface area contributed by atoms with Gasteiger partial charge in [0.15, 0.2) is 11.3 Å². The number of rotatable bonds is 7. The second kappa shape index (κ2) is 10.4. The molecule has 2 bridgehead atoms. The predicted molar refractivity (Wildman–Crippen MR) is 140 cm³/mol. The highest BCUT2D eigenvalue weighted by Gasteiger charge is 2.82. The maximum atomic E-state index is 13.9. The monoisotopic (exact) mass is 579 g/mol. The van der Waals surface area contributed by atoms with Crippen LogP contribution in [0.25, 0.3) is 0 Å². The molecule has 2 aromatic rings. The van der Waals surface area contributed by atoms with E-state index >= 15 is 0 Å². The minimum absolute atomic E-state index is 0.221. The average molecular weight is 580 g/mol. The number of methoxy groups -OCH3 is 4. The SMILES string of the molecule is CO/N=C1/[C@]2(c3ccccc3)C(C(=O)OC)=C(C(=O)OC)ON2[C@@]2(C(=O)OC)O[C@]1(c1ccccc1)N=C2C(=O)OC. The topological polar surface area (TPSA) is 161 Å². The van der Waals surface area contributed by atoms with Crippen LogP contribution in [-0.4, -0.2) is 81.6 Å². The van der Waals surface area contributed by atoms with E-state index in [-0.39, 0.29) is 16.8 Å². The van der Waals surface area contributed by atoms with Crippen molar-refractivity contribution in [3.8, 4) is 0 Å². The van der Waals surface area contributed by atoms with Crippen molar-refractivity contribution in [2.24, 2.45) is 10.1 Å². The summed E-state index contributed by atoms with van der Waals surface area (Å²) in [5, 5.41) is 5.10. The highest BCUT2D eigenvalue weighted by atomic mass is 16.8. The fourth-order valence-corrected chi connectivity index (χ4v) is 5.42. The molecule has 5 rings (SSSR count). The fraction of sp³-hybridized carbons (Fsp3) is 0.286. The first-order chi connectivity index (χ1) is 20.2. The van der Waals surface area contributed by atoms with Crippen LogP contribution in [0.15, 0.2) is 82.1 Å². The van der Waals surface area contributed by atoms with E-state index in [1.54, 1.807) is 60.7 Å². The molecule has 1 saturated heterocycles. The van der Waals surface area contributed by atoms with Gasteiger partial charge in [0.1, 0.15) is 18.4 Å².